The van der Waals surface area contributed by atoms with Crippen LogP contribution in [-0.4, -0.2) is 5.78 Å². The van der Waals surface area contributed by atoms with Gasteiger partial charge in [0.25, 0.3) is 0 Å². The van der Waals surface area contributed by atoms with Gasteiger partial charge in [0.1, 0.15) is 29.1 Å². The van der Waals surface area contributed by atoms with E-state index in [-0.39, 0.29) is 4.47 Å². The molecule has 0 aromatic heterocycles. The molecule has 0 atom stereocenters. The van der Waals surface area contributed by atoms with Crippen molar-refractivity contribution in [2.45, 2.75) is 6.42 Å². The smallest absolute Gasteiger partial charge is 0.173 e. The molecule has 0 aliphatic carbocycles. The molecular weight excluding hydrogens is 359 g/mol. The number of Topliss-reactive ketones (excluding diaryl/α,β-unsaturated/α-hetero) is 1. The highest BCUT2D eigenvalue weighted by molar-refractivity contribution is 9.10. The monoisotopic (exact) mass is 364 g/mol. The van der Waals surface area contributed by atoms with Crippen LogP contribution >= 0.6 is 15.9 Å². The molecule has 0 bridgehead atoms. The molecular formula is C14H6BrF5O. The van der Waals surface area contributed by atoms with E-state index < -0.39 is 52.4 Å². The number of hydrogen-bond donors (Lipinski definition) is 0. The van der Waals surface area contributed by atoms with Gasteiger partial charge in [0.15, 0.2) is 5.78 Å². The fourth-order valence-corrected chi connectivity index (χ4v) is 2.16. The maximum atomic E-state index is 13.7. The van der Waals surface area contributed by atoms with Gasteiger partial charge in [-0.05, 0) is 28.1 Å². The molecule has 0 saturated heterocycles. The zero-order chi connectivity index (χ0) is 15.7. The quantitative estimate of drug-likeness (QED) is 0.443. The second kappa shape index (κ2) is 5.93. The maximum Gasteiger partial charge on any atom is 0.173 e. The first-order chi connectivity index (χ1) is 9.81. The van der Waals surface area contributed by atoms with Crippen molar-refractivity contribution in [2.75, 3.05) is 0 Å². The predicted molar refractivity (Wildman–Crippen MR) is 68.4 cm³/mol. The molecule has 0 heterocycles. The van der Waals surface area contributed by atoms with Crippen molar-refractivity contribution in [3.8, 4) is 0 Å². The van der Waals surface area contributed by atoms with Crippen molar-refractivity contribution in [2.24, 2.45) is 0 Å². The average Bonchev–Trinajstić information content (AvgIpc) is 2.38. The van der Waals surface area contributed by atoms with E-state index in [0.29, 0.717) is 12.1 Å². The summed E-state index contributed by atoms with van der Waals surface area (Å²) in [6, 6.07) is 2.65. The highest BCUT2D eigenvalue weighted by Gasteiger charge is 2.22. The highest BCUT2D eigenvalue weighted by Crippen LogP contribution is 2.24. The zero-order valence-electron chi connectivity index (χ0n) is 10.2. The van der Waals surface area contributed by atoms with E-state index in [1.165, 1.54) is 0 Å². The molecule has 2 aromatic carbocycles. The number of rotatable bonds is 3. The van der Waals surface area contributed by atoms with Crippen LogP contribution in [0.25, 0.3) is 0 Å². The number of ketones is 1. The van der Waals surface area contributed by atoms with Crippen molar-refractivity contribution in [1.82, 2.24) is 0 Å². The Labute approximate surface area is 124 Å². The van der Waals surface area contributed by atoms with E-state index in [4.69, 9.17) is 0 Å². The second-order valence-corrected chi connectivity index (χ2v) is 5.02. The van der Waals surface area contributed by atoms with Crippen molar-refractivity contribution in [1.29, 1.82) is 0 Å². The van der Waals surface area contributed by atoms with E-state index in [9.17, 15) is 26.7 Å². The Hall–Kier alpha value is -1.76. The Bertz CT molecular complexity index is 707. The second-order valence-electron chi connectivity index (χ2n) is 4.17. The first-order valence-electron chi connectivity index (χ1n) is 5.61. The van der Waals surface area contributed by atoms with Crippen LogP contribution < -0.4 is 0 Å². The average molecular weight is 365 g/mol. The van der Waals surface area contributed by atoms with E-state index in [2.05, 4.69) is 15.9 Å². The lowest BCUT2D eigenvalue weighted by Gasteiger charge is -2.08. The molecule has 0 aliphatic rings. The summed E-state index contributed by atoms with van der Waals surface area (Å²) in [5, 5.41) is 0. The van der Waals surface area contributed by atoms with Gasteiger partial charge in [-0.1, -0.05) is 0 Å². The molecule has 2 aromatic rings. The molecule has 0 radical (unpaired) electrons. The lowest BCUT2D eigenvalue weighted by atomic mass is 10.0. The van der Waals surface area contributed by atoms with Crippen LogP contribution in [-0.2, 0) is 6.42 Å². The van der Waals surface area contributed by atoms with E-state index in [0.717, 1.165) is 12.1 Å². The van der Waals surface area contributed by atoms with Gasteiger partial charge in [-0.3, -0.25) is 4.79 Å². The van der Waals surface area contributed by atoms with Gasteiger partial charge in [-0.15, -0.1) is 0 Å². The SMILES string of the molecule is O=C(Cc1c(F)ccc(Br)c1F)c1c(F)cc(F)cc1F. The minimum absolute atomic E-state index is 0.0910. The third-order valence-electron chi connectivity index (χ3n) is 2.76. The zero-order valence-corrected chi connectivity index (χ0v) is 11.8. The topological polar surface area (TPSA) is 17.1 Å². The molecule has 0 aliphatic heterocycles. The Morgan fingerprint density at radius 3 is 2.10 bits per heavy atom. The van der Waals surface area contributed by atoms with Crippen LogP contribution in [0.2, 0.25) is 0 Å². The molecule has 7 heteroatoms. The third kappa shape index (κ3) is 3.12. The number of halogens is 6. The summed E-state index contributed by atoms with van der Waals surface area (Å²) >= 11 is 2.81. The van der Waals surface area contributed by atoms with Gasteiger partial charge in [0.05, 0.1) is 10.0 Å². The van der Waals surface area contributed by atoms with Crippen LogP contribution in [0, 0.1) is 29.1 Å². The van der Waals surface area contributed by atoms with E-state index in [1.54, 1.807) is 0 Å². The van der Waals surface area contributed by atoms with Crippen LogP contribution in [0.15, 0.2) is 28.7 Å². The molecule has 0 saturated carbocycles. The lowest BCUT2D eigenvalue weighted by molar-refractivity contribution is 0.0982. The summed E-state index contributed by atoms with van der Waals surface area (Å²) < 4.78 is 66.8. The van der Waals surface area contributed by atoms with Crippen LogP contribution in [0.1, 0.15) is 15.9 Å². The van der Waals surface area contributed by atoms with Crippen LogP contribution in [0.5, 0.6) is 0 Å². The van der Waals surface area contributed by atoms with Gasteiger partial charge in [-0.2, -0.15) is 0 Å². The third-order valence-corrected chi connectivity index (χ3v) is 3.37. The Kier molecular flexibility index (Phi) is 4.41. The molecule has 0 fully saturated rings. The first-order valence-corrected chi connectivity index (χ1v) is 6.40. The van der Waals surface area contributed by atoms with Crippen LogP contribution in [0.3, 0.4) is 0 Å². The standard InChI is InChI=1S/C14H6BrF5O/c15-8-1-2-9(17)7(14(8)20)5-12(21)13-10(18)3-6(16)4-11(13)19/h1-4H,5H2. The molecule has 2 rings (SSSR count). The van der Waals surface area contributed by atoms with Gasteiger partial charge < -0.3 is 0 Å². The molecule has 0 amide bonds. The largest absolute Gasteiger partial charge is 0.294 e. The van der Waals surface area contributed by atoms with Gasteiger partial charge in [0, 0.05) is 24.1 Å². The normalized spacial score (nSPS) is 10.8. The van der Waals surface area contributed by atoms with Crippen molar-refractivity contribution in [3.05, 3.63) is 69.0 Å². The minimum atomic E-state index is -1.42. The number of hydrogen-bond acceptors (Lipinski definition) is 1. The Morgan fingerprint density at radius 2 is 1.52 bits per heavy atom. The first kappa shape index (κ1) is 15.6. The number of carbonyl (C=O) groups is 1. The van der Waals surface area contributed by atoms with Gasteiger partial charge in [0.2, 0.25) is 0 Å². The molecule has 0 N–H and O–H groups in total. The molecule has 21 heavy (non-hydrogen) atoms. The molecule has 110 valence electrons. The summed E-state index contributed by atoms with van der Waals surface area (Å²) in [5.74, 6) is -7.29. The summed E-state index contributed by atoms with van der Waals surface area (Å²) in [5.41, 5.74) is -1.66. The van der Waals surface area contributed by atoms with E-state index in [1.807, 2.05) is 0 Å². The van der Waals surface area contributed by atoms with Gasteiger partial charge >= 0.3 is 0 Å². The van der Waals surface area contributed by atoms with Crippen LogP contribution in [0.4, 0.5) is 22.0 Å². The lowest BCUT2D eigenvalue weighted by Crippen LogP contribution is -2.12. The predicted octanol–water partition coefficient (Wildman–Crippen LogP) is 4.57. The summed E-state index contributed by atoms with van der Waals surface area (Å²) in [7, 11) is 0. The highest BCUT2D eigenvalue weighted by atomic mass is 79.9. The fraction of sp³-hybridized carbons (Fsp3) is 0.0714. The van der Waals surface area contributed by atoms with Crippen molar-refractivity contribution in [3.63, 3.8) is 0 Å². The molecule has 0 spiro atoms. The maximum absolute atomic E-state index is 13.7. The summed E-state index contributed by atoms with van der Waals surface area (Å²) in [4.78, 5) is 11.8. The Morgan fingerprint density at radius 1 is 0.952 bits per heavy atom. The number of carbonyl (C=O) groups excluding carboxylic acids is 1. The van der Waals surface area contributed by atoms with E-state index >= 15 is 0 Å². The van der Waals surface area contributed by atoms with Crippen molar-refractivity contribution >= 4 is 21.7 Å². The minimum Gasteiger partial charge on any atom is -0.294 e. The fourth-order valence-electron chi connectivity index (χ4n) is 1.79. The summed E-state index contributed by atoms with van der Waals surface area (Å²) in [6.07, 6.45) is -0.892. The van der Waals surface area contributed by atoms with Gasteiger partial charge in [-0.25, -0.2) is 22.0 Å². The molecule has 1 nitrogen and oxygen atoms in total. The number of benzene rings is 2. The summed E-state index contributed by atoms with van der Waals surface area (Å²) in [6.45, 7) is 0. The van der Waals surface area contributed by atoms with Crippen molar-refractivity contribution < 1.29 is 26.7 Å². The molecule has 0 unspecified atom stereocenters. The Balaban J connectivity index is 2.42.